The van der Waals surface area contributed by atoms with Crippen molar-refractivity contribution >= 4 is 5.91 Å². The molecule has 3 aromatic rings. The summed E-state index contributed by atoms with van der Waals surface area (Å²) in [6.07, 6.45) is 1.11. The van der Waals surface area contributed by atoms with Gasteiger partial charge < -0.3 is 10.1 Å². The lowest BCUT2D eigenvalue weighted by Gasteiger charge is -2.21. The summed E-state index contributed by atoms with van der Waals surface area (Å²) in [5, 5.41) is 3.04. The van der Waals surface area contributed by atoms with E-state index in [4.69, 9.17) is 4.74 Å². The molecule has 0 aliphatic heterocycles. The van der Waals surface area contributed by atoms with Crippen LogP contribution in [-0.4, -0.2) is 17.0 Å². The molecule has 2 atom stereocenters. The molecule has 126 valence electrons. The van der Waals surface area contributed by atoms with Crippen molar-refractivity contribution in [2.75, 3.05) is 0 Å². The Morgan fingerprint density at radius 2 is 1.56 bits per heavy atom. The lowest BCUT2D eigenvalue weighted by atomic mass is 10.0. The van der Waals surface area contributed by atoms with Crippen LogP contribution in [0.1, 0.15) is 24.2 Å². The highest BCUT2D eigenvalue weighted by molar-refractivity contribution is 5.81. The van der Waals surface area contributed by atoms with Crippen LogP contribution in [0, 0.1) is 0 Å². The lowest BCUT2D eigenvalue weighted by Crippen LogP contribution is -2.39. The van der Waals surface area contributed by atoms with Crippen molar-refractivity contribution in [3.8, 4) is 5.75 Å². The standard InChI is InChI=1S/C21H20N2O2/c1-16(25-18-12-6-3-7-13-18)21(24)23-20(17-10-4-2-5-11-17)19-14-8-9-15-22-19/h2-16,20H,1H3,(H,23,24)/t16-,20-/m1/s1. The van der Waals surface area contributed by atoms with Crippen molar-refractivity contribution in [2.45, 2.75) is 19.1 Å². The van der Waals surface area contributed by atoms with E-state index >= 15 is 0 Å². The van der Waals surface area contributed by atoms with Crippen molar-refractivity contribution < 1.29 is 9.53 Å². The number of pyridine rings is 1. The minimum atomic E-state index is -0.614. The topological polar surface area (TPSA) is 51.2 Å². The molecule has 0 bridgehead atoms. The molecule has 4 nitrogen and oxygen atoms in total. The average molecular weight is 332 g/mol. The highest BCUT2D eigenvalue weighted by Gasteiger charge is 2.22. The van der Waals surface area contributed by atoms with Gasteiger partial charge in [-0.1, -0.05) is 54.6 Å². The van der Waals surface area contributed by atoms with Crippen LogP contribution in [0.5, 0.6) is 5.75 Å². The maximum absolute atomic E-state index is 12.6. The SMILES string of the molecule is C[C@@H](Oc1ccccc1)C(=O)N[C@H](c1ccccc1)c1ccccn1. The van der Waals surface area contributed by atoms with Crippen LogP contribution in [0.4, 0.5) is 0 Å². The third kappa shape index (κ3) is 4.44. The molecule has 0 spiro atoms. The predicted molar refractivity (Wildman–Crippen MR) is 97.2 cm³/mol. The van der Waals surface area contributed by atoms with Gasteiger partial charge in [-0.3, -0.25) is 9.78 Å². The zero-order valence-corrected chi connectivity index (χ0v) is 14.0. The van der Waals surface area contributed by atoms with Gasteiger partial charge in [0, 0.05) is 6.20 Å². The van der Waals surface area contributed by atoms with Gasteiger partial charge in [0.25, 0.3) is 5.91 Å². The Hall–Kier alpha value is -3.14. The van der Waals surface area contributed by atoms with Crippen LogP contribution in [0.25, 0.3) is 0 Å². The first-order valence-corrected chi connectivity index (χ1v) is 8.22. The second-order valence-electron chi connectivity index (χ2n) is 5.68. The summed E-state index contributed by atoms with van der Waals surface area (Å²) in [6.45, 7) is 1.74. The Kier molecular flexibility index (Phi) is 5.42. The monoisotopic (exact) mass is 332 g/mol. The first-order valence-electron chi connectivity index (χ1n) is 8.22. The minimum absolute atomic E-state index is 0.191. The zero-order valence-electron chi connectivity index (χ0n) is 14.0. The molecular formula is C21H20N2O2. The number of nitrogens with one attached hydrogen (secondary N) is 1. The van der Waals surface area contributed by atoms with Crippen molar-refractivity contribution in [1.82, 2.24) is 10.3 Å². The smallest absolute Gasteiger partial charge is 0.261 e. The molecule has 0 fully saturated rings. The van der Waals surface area contributed by atoms with E-state index in [9.17, 15) is 4.79 Å². The normalized spacial score (nSPS) is 12.8. The number of aromatic nitrogens is 1. The maximum Gasteiger partial charge on any atom is 0.261 e. The van der Waals surface area contributed by atoms with E-state index < -0.39 is 6.10 Å². The van der Waals surface area contributed by atoms with E-state index in [1.165, 1.54) is 0 Å². The quantitative estimate of drug-likeness (QED) is 0.748. The molecule has 1 aromatic heterocycles. The molecule has 0 aliphatic rings. The van der Waals surface area contributed by atoms with E-state index in [2.05, 4.69) is 10.3 Å². The Morgan fingerprint density at radius 3 is 2.20 bits per heavy atom. The van der Waals surface area contributed by atoms with Crippen LogP contribution >= 0.6 is 0 Å². The molecule has 0 aliphatic carbocycles. The van der Waals surface area contributed by atoms with E-state index in [0.29, 0.717) is 5.75 Å². The molecule has 0 radical (unpaired) electrons. The van der Waals surface area contributed by atoms with E-state index in [0.717, 1.165) is 11.3 Å². The molecular weight excluding hydrogens is 312 g/mol. The minimum Gasteiger partial charge on any atom is -0.481 e. The number of nitrogens with zero attached hydrogens (tertiary/aromatic N) is 1. The molecule has 0 saturated heterocycles. The van der Waals surface area contributed by atoms with Crippen molar-refractivity contribution in [2.24, 2.45) is 0 Å². The average Bonchev–Trinajstić information content (AvgIpc) is 2.68. The van der Waals surface area contributed by atoms with Crippen molar-refractivity contribution in [3.63, 3.8) is 0 Å². The van der Waals surface area contributed by atoms with Gasteiger partial charge in [0.15, 0.2) is 6.10 Å². The Bertz CT molecular complexity index is 752. The maximum atomic E-state index is 12.6. The molecule has 4 heteroatoms. The van der Waals surface area contributed by atoms with E-state index in [1.807, 2.05) is 78.9 Å². The van der Waals surface area contributed by atoms with Gasteiger partial charge in [-0.25, -0.2) is 0 Å². The summed E-state index contributed by atoms with van der Waals surface area (Å²) in [4.78, 5) is 17.0. The highest BCUT2D eigenvalue weighted by atomic mass is 16.5. The Labute approximate surface area is 147 Å². The van der Waals surface area contributed by atoms with Crippen LogP contribution in [0.15, 0.2) is 85.1 Å². The molecule has 1 heterocycles. The van der Waals surface area contributed by atoms with Gasteiger partial charge in [-0.15, -0.1) is 0 Å². The van der Waals surface area contributed by atoms with Gasteiger partial charge in [-0.05, 0) is 36.8 Å². The summed E-state index contributed by atoms with van der Waals surface area (Å²) in [7, 11) is 0. The lowest BCUT2D eigenvalue weighted by molar-refractivity contribution is -0.127. The number of carbonyl (C=O) groups is 1. The third-order valence-electron chi connectivity index (χ3n) is 3.83. The number of hydrogen-bond donors (Lipinski definition) is 1. The molecule has 0 saturated carbocycles. The summed E-state index contributed by atoms with van der Waals surface area (Å²) in [5.41, 5.74) is 1.76. The molecule has 1 N–H and O–H groups in total. The molecule has 2 aromatic carbocycles. The fourth-order valence-electron chi connectivity index (χ4n) is 2.54. The molecule has 25 heavy (non-hydrogen) atoms. The fraction of sp³-hybridized carbons (Fsp3) is 0.143. The van der Waals surface area contributed by atoms with Crippen molar-refractivity contribution in [3.05, 3.63) is 96.3 Å². The van der Waals surface area contributed by atoms with Gasteiger partial charge in [0.2, 0.25) is 0 Å². The van der Waals surface area contributed by atoms with Gasteiger partial charge in [0.1, 0.15) is 5.75 Å². The van der Waals surface area contributed by atoms with Gasteiger partial charge >= 0.3 is 0 Å². The number of benzene rings is 2. The zero-order chi connectivity index (χ0) is 17.5. The number of rotatable bonds is 6. The predicted octanol–water partition coefficient (Wildman–Crippen LogP) is 3.75. The number of carbonyl (C=O) groups excluding carboxylic acids is 1. The fourth-order valence-corrected chi connectivity index (χ4v) is 2.54. The Balaban J connectivity index is 1.77. The summed E-state index contributed by atoms with van der Waals surface area (Å²) >= 11 is 0. The summed E-state index contributed by atoms with van der Waals surface area (Å²) < 4.78 is 5.72. The van der Waals surface area contributed by atoms with Gasteiger partial charge in [-0.2, -0.15) is 0 Å². The third-order valence-corrected chi connectivity index (χ3v) is 3.83. The van der Waals surface area contributed by atoms with Crippen LogP contribution in [0.3, 0.4) is 0 Å². The second kappa shape index (κ2) is 8.11. The first-order chi connectivity index (χ1) is 12.2. The second-order valence-corrected chi connectivity index (χ2v) is 5.68. The van der Waals surface area contributed by atoms with Gasteiger partial charge in [0.05, 0.1) is 11.7 Å². The van der Waals surface area contributed by atoms with Crippen LogP contribution in [-0.2, 0) is 4.79 Å². The number of amides is 1. The first kappa shape index (κ1) is 16.7. The van der Waals surface area contributed by atoms with Crippen LogP contribution < -0.4 is 10.1 Å². The van der Waals surface area contributed by atoms with E-state index in [-0.39, 0.29) is 11.9 Å². The molecule has 0 unspecified atom stereocenters. The number of hydrogen-bond acceptors (Lipinski definition) is 3. The van der Waals surface area contributed by atoms with E-state index in [1.54, 1.807) is 13.1 Å². The number of ether oxygens (including phenoxy) is 1. The number of para-hydroxylation sites is 1. The summed E-state index contributed by atoms with van der Waals surface area (Å²) in [5.74, 6) is 0.475. The molecule has 1 amide bonds. The molecule has 3 rings (SSSR count). The summed E-state index contributed by atoms with van der Waals surface area (Å²) in [6, 6.07) is 24.5. The highest BCUT2D eigenvalue weighted by Crippen LogP contribution is 2.20. The van der Waals surface area contributed by atoms with Crippen LogP contribution in [0.2, 0.25) is 0 Å². The van der Waals surface area contributed by atoms with Crippen molar-refractivity contribution in [1.29, 1.82) is 0 Å². The largest absolute Gasteiger partial charge is 0.481 e. The Morgan fingerprint density at radius 1 is 0.920 bits per heavy atom.